The molecule has 0 spiro atoms. The van der Waals surface area contributed by atoms with Crippen molar-refractivity contribution in [1.82, 2.24) is 0 Å². The Morgan fingerprint density at radius 1 is 0.862 bits per heavy atom. The molecule has 150 valence electrons. The second-order valence-electron chi connectivity index (χ2n) is 6.38. The average molecular weight is 404 g/mol. The third-order valence-electron chi connectivity index (χ3n) is 4.28. The quantitative estimate of drug-likeness (QED) is 0.554. The van der Waals surface area contributed by atoms with E-state index in [0.717, 1.165) is 12.1 Å². The number of carboxylic acids is 1. The van der Waals surface area contributed by atoms with Gasteiger partial charge >= 0.3 is 5.97 Å². The van der Waals surface area contributed by atoms with Gasteiger partial charge in [0.1, 0.15) is 17.5 Å². The number of hydrogen-bond donors (Lipinski definition) is 1. The third kappa shape index (κ3) is 5.13. The summed E-state index contributed by atoms with van der Waals surface area (Å²) in [6, 6.07) is 11.8. The molecule has 3 nitrogen and oxygen atoms in total. The number of halogens is 4. The molecule has 0 bridgehead atoms. The van der Waals surface area contributed by atoms with Crippen LogP contribution >= 0.6 is 0 Å². The molecule has 0 heterocycles. The van der Waals surface area contributed by atoms with E-state index in [-0.39, 0.29) is 24.2 Å². The zero-order valence-corrected chi connectivity index (χ0v) is 15.1. The molecule has 3 rings (SSSR count). The molecular weight excluding hydrogens is 388 g/mol. The summed E-state index contributed by atoms with van der Waals surface area (Å²) in [4.78, 5) is 10.6. The van der Waals surface area contributed by atoms with Crippen LogP contribution in [-0.4, -0.2) is 17.7 Å². The van der Waals surface area contributed by atoms with Gasteiger partial charge in [-0.05, 0) is 65.9 Å². The minimum atomic E-state index is -1.29. The molecule has 3 aromatic carbocycles. The minimum Gasteiger partial charge on any atom is -0.479 e. The fourth-order valence-electron chi connectivity index (χ4n) is 2.96. The van der Waals surface area contributed by atoms with Crippen LogP contribution in [0.4, 0.5) is 17.6 Å². The van der Waals surface area contributed by atoms with Crippen LogP contribution in [0.5, 0.6) is 5.75 Å². The Hall–Kier alpha value is -3.35. The summed E-state index contributed by atoms with van der Waals surface area (Å²) < 4.78 is 60.8. The first-order chi connectivity index (χ1) is 13.8. The largest absolute Gasteiger partial charge is 0.479 e. The Labute approximate surface area is 164 Å². The van der Waals surface area contributed by atoms with E-state index in [1.165, 1.54) is 30.3 Å². The highest BCUT2D eigenvalue weighted by atomic mass is 19.1. The molecule has 0 unspecified atom stereocenters. The second kappa shape index (κ2) is 8.77. The van der Waals surface area contributed by atoms with E-state index < -0.39 is 35.8 Å². The molecule has 29 heavy (non-hydrogen) atoms. The number of rotatable bonds is 7. The van der Waals surface area contributed by atoms with Gasteiger partial charge in [-0.15, -0.1) is 0 Å². The van der Waals surface area contributed by atoms with Crippen LogP contribution in [0.15, 0.2) is 54.6 Å². The summed E-state index contributed by atoms with van der Waals surface area (Å²) in [6.45, 7) is -0.761. The van der Waals surface area contributed by atoms with Crippen LogP contribution in [0.3, 0.4) is 0 Å². The van der Waals surface area contributed by atoms with Gasteiger partial charge in [0.2, 0.25) is 0 Å². The zero-order chi connectivity index (χ0) is 21.0. The van der Waals surface area contributed by atoms with E-state index in [2.05, 4.69) is 0 Å². The Kier molecular flexibility index (Phi) is 6.16. The van der Waals surface area contributed by atoms with E-state index >= 15 is 0 Å². The van der Waals surface area contributed by atoms with Crippen molar-refractivity contribution in [2.24, 2.45) is 0 Å². The van der Waals surface area contributed by atoms with Gasteiger partial charge in [0, 0.05) is 5.56 Å². The molecule has 0 amide bonds. The van der Waals surface area contributed by atoms with Crippen molar-refractivity contribution in [3.05, 3.63) is 89.0 Å². The summed E-state index contributed by atoms with van der Waals surface area (Å²) in [5.41, 5.74) is 1.11. The lowest BCUT2D eigenvalue weighted by Gasteiger charge is -2.11. The summed E-state index contributed by atoms with van der Waals surface area (Å²) in [5, 5.41) is 8.62. The fourth-order valence-corrected chi connectivity index (χ4v) is 2.96. The van der Waals surface area contributed by atoms with Crippen molar-refractivity contribution in [3.63, 3.8) is 0 Å². The van der Waals surface area contributed by atoms with Crippen molar-refractivity contribution in [2.75, 3.05) is 6.61 Å². The molecule has 0 fully saturated rings. The first kappa shape index (κ1) is 20.4. The van der Waals surface area contributed by atoms with Crippen LogP contribution in [0.25, 0.3) is 11.1 Å². The Bertz CT molecular complexity index is 1050. The molecule has 0 atom stereocenters. The van der Waals surface area contributed by atoms with E-state index in [9.17, 15) is 22.4 Å². The lowest BCUT2D eigenvalue weighted by atomic mass is 9.98. The van der Waals surface area contributed by atoms with E-state index in [0.29, 0.717) is 16.7 Å². The van der Waals surface area contributed by atoms with Crippen molar-refractivity contribution in [1.29, 1.82) is 0 Å². The Morgan fingerprint density at radius 2 is 1.62 bits per heavy atom. The van der Waals surface area contributed by atoms with E-state index in [1.54, 1.807) is 12.1 Å². The van der Waals surface area contributed by atoms with Crippen molar-refractivity contribution < 1.29 is 32.2 Å². The van der Waals surface area contributed by atoms with Gasteiger partial charge in [-0.2, -0.15) is 0 Å². The van der Waals surface area contributed by atoms with Crippen LogP contribution < -0.4 is 4.74 Å². The lowest BCUT2D eigenvalue weighted by Crippen LogP contribution is -2.11. The fraction of sp³-hybridized carbons (Fsp3) is 0.136. The van der Waals surface area contributed by atoms with Crippen LogP contribution in [0.1, 0.15) is 11.1 Å². The number of hydrogen-bond acceptors (Lipinski definition) is 2. The van der Waals surface area contributed by atoms with Gasteiger partial charge in [0.05, 0.1) is 0 Å². The maximum absolute atomic E-state index is 14.5. The van der Waals surface area contributed by atoms with Gasteiger partial charge in [0.25, 0.3) is 0 Å². The van der Waals surface area contributed by atoms with Gasteiger partial charge < -0.3 is 9.84 Å². The van der Waals surface area contributed by atoms with Crippen LogP contribution in [0, 0.1) is 23.3 Å². The van der Waals surface area contributed by atoms with E-state index in [4.69, 9.17) is 9.84 Å². The number of aryl methyl sites for hydroxylation is 1. The Morgan fingerprint density at radius 3 is 2.34 bits per heavy atom. The SMILES string of the molecule is O=C(O)COc1ccc(F)c(CCc2cc(F)cc(-c3cccc(F)c3)c2)c1F. The average Bonchev–Trinajstić information content (AvgIpc) is 2.66. The molecule has 0 saturated heterocycles. The van der Waals surface area contributed by atoms with Gasteiger partial charge in [-0.25, -0.2) is 22.4 Å². The number of ether oxygens (including phenoxy) is 1. The normalized spacial score (nSPS) is 10.8. The molecule has 0 radical (unpaired) electrons. The predicted octanol–water partition coefficient (Wildman–Crippen LogP) is 5.16. The maximum Gasteiger partial charge on any atom is 0.341 e. The molecule has 0 aliphatic carbocycles. The van der Waals surface area contributed by atoms with Gasteiger partial charge in [-0.3, -0.25) is 0 Å². The maximum atomic E-state index is 14.5. The molecule has 0 aliphatic heterocycles. The molecule has 7 heteroatoms. The van der Waals surface area contributed by atoms with Crippen molar-refractivity contribution in [2.45, 2.75) is 12.8 Å². The monoisotopic (exact) mass is 404 g/mol. The number of aliphatic carboxylic acids is 1. The van der Waals surface area contributed by atoms with Crippen molar-refractivity contribution in [3.8, 4) is 16.9 Å². The zero-order valence-electron chi connectivity index (χ0n) is 15.1. The molecular formula is C22H16F4O3. The Balaban J connectivity index is 1.83. The second-order valence-corrected chi connectivity index (χ2v) is 6.38. The smallest absolute Gasteiger partial charge is 0.341 e. The highest BCUT2D eigenvalue weighted by Gasteiger charge is 2.16. The topological polar surface area (TPSA) is 46.5 Å². The predicted molar refractivity (Wildman–Crippen MR) is 98.7 cm³/mol. The highest BCUT2D eigenvalue weighted by molar-refractivity contribution is 5.68. The standard InChI is InChI=1S/C22H16F4O3/c23-16-3-1-2-14(10-16)15-8-13(9-17(24)11-15)4-5-18-19(25)6-7-20(22(18)26)29-12-21(27)28/h1-3,6-11H,4-5,12H2,(H,27,28). The van der Waals surface area contributed by atoms with Gasteiger partial charge in [0.15, 0.2) is 18.2 Å². The summed E-state index contributed by atoms with van der Waals surface area (Å²) in [5.74, 6) is -4.49. The number of carbonyl (C=O) groups is 1. The number of carboxylic acid groups (broad SMARTS) is 1. The first-order valence-corrected chi connectivity index (χ1v) is 8.70. The molecule has 0 aliphatic rings. The molecule has 0 aromatic heterocycles. The minimum absolute atomic E-state index is 0.103. The molecule has 1 N–H and O–H groups in total. The molecule has 0 saturated carbocycles. The number of benzene rings is 3. The van der Waals surface area contributed by atoms with Crippen LogP contribution in [0.2, 0.25) is 0 Å². The summed E-state index contributed by atoms with van der Waals surface area (Å²) >= 11 is 0. The first-order valence-electron chi connectivity index (χ1n) is 8.70. The highest BCUT2D eigenvalue weighted by Crippen LogP contribution is 2.27. The van der Waals surface area contributed by atoms with Crippen LogP contribution in [-0.2, 0) is 17.6 Å². The summed E-state index contributed by atoms with van der Waals surface area (Å²) in [7, 11) is 0. The van der Waals surface area contributed by atoms with E-state index in [1.807, 2.05) is 0 Å². The van der Waals surface area contributed by atoms with Gasteiger partial charge in [-0.1, -0.05) is 18.2 Å². The lowest BCUT2D eigenvalue weighted by molar-refractivity contribution is -0.139. The van der Waals surface area contributed by atoms with Crippen molar-refractivity contribution >= 4 is 5.97 Å². The third-order valence-corrected chi connectivity index (χ3v) is 4.28. The summed E-state index contributed by atoms with van der Waals surface area (Å²) in [6.07, 6.45) is 0.00425. The molecule has 3 aromatic rings.